The fourth-order valence-electron chi connectivity index (χ4n) is 2.20. The standard InChI is InChI=1S/C22H18O6/c1-27-21(25)17-9-3-15(4-10-17)7-13-19(23)20(24)14-8-16-5-11-18(12-6-16)22(26)28-2/h3-14H,1-2H3/b13-7+,14-8+. The molecule has 0 bridgehead atoms. The molecule has 6 heteroatoms. The van der Waals surface area contributed by atoms with Crippen molar-refractivity contribution in [1.29, 1.82) is 0 Å². The van der Waals surface area contributed by atoms with Crippen molar-refractivity contribution in [3.63, 3.8) is 0 Å². The van der Waals surface area contributed by atoms with Gasteiger partial charge in [0.2, 0.25) is 11.6 Å². The first kappa shape index (κ1) is 20.5. The van der Waals surface area contributed by atoms with Crippen molar-refractivity contribution in [3.05, 3.63) is 82.9 Å². The largest absolute Gasteiger partial charge is 0.465 e. The van der Waals surface area contributed by atoms with Gasteiger partial charge in [-0.3, -0.25) is 9.59 Å². The monoisotopic (exact) mass is 378 g/mol. The minimum absolute atomic E-state index is 0.392. The van der Waals surface area contributed by atoms with E-state index in [2.05, 4.69) is 9.47 Å². The molecule has 0 aromatic heterocycles. The average Bonchev–Trinajstić information content (AvgIpc) is 2.75. The van der Waals surface area contributed by atoms with Crippen molar-refractivity contribution in [2.45, 2.75) is 0 Å². The Morgan fingerprint density at radius 1 is 0.607 bits per heavy atom. The van der Waals surface area contributed by atoms with E-state index in [1.54, 1.807) is 48.5 Å². The predicted octanol–water partition coefficient (Wildman–Crippen LogP) is 3.12. The number of carbonyl (C=O) groups excluding carboxylic acids is 4. The molecule has 0 aliphatic heterocycles. The van der Waals surface area contributed by atoms with Crippen molar-refractivity contribution < 1.29 is 28.7 Å². The lowest BCUT2D eigenvalue weighted by Gasteiger charge is -1.99. The maximum atomic E-state index is 11.9. The Morgan fingerprint density at radius 2 is 0.929 bits per heavy atom. The van der Waals surface area contributed by atoms with Crippen LogP contribution >= 0.6 is 0 Å². The number of esters is 2. The minimum atomic E-state index is -0.681. The highest BCUT2D eigenvalue weighted by molar-refractivity contribution is 6.46. The Hall–Kier alpha value is -3.80. The van der Waals surface area contributed by atoms with Crippen molar-refractivity contribution in [2.24, 2.45) is 0 Å². The number of hydrogen-bond acceptors (Lipinski definition) is 6. The fourth-order valence-corrected chi connectivity index (χ4v) is 2.20. The second kappa shape index (κ2) is 9.78. The van der Waals surface area contributed by atoms with Gasteiger partial charge in [0.05, 0.1) is 25.3 Å². The first-order valence-corrected chi connectivity index (χ1v) is 8.26. The van der Waals surface area contributed by atoms with Crippen LogP contribution in [-0.2, 0) is 19.1 Å². The Morgan fingerprint density at radius 3 is 1.21 bits per heavy atom. The summed E-state index contributed by atoms with van der Waals surface area (Å²) in [7, 11) is 2.59. The number of allylic oxidation sites excluding steroid dienone is 2. The SMILES string of the molecule is COC(=O)c1ccc(/C=C/C(=O)C(=O)/C=C/c2ccc(C(=O)OC)cc2)cc1. The summed E-state index contributed by atoms with van der Waals surface area (Å²) in [5, 5.41) is 0. The lowest BCUT2D eigenvalue weighted by molar-refractivity contribution is -0.130. The van der Waals surface area contributed by atoms with Crippen LogP contribution in [0.4, 0.5) is 0 Å². The van der Waals surface area contributed by atoms with Crippen LogP contribution in [0.1, 0.15) is 31.8 Å². The third kappa shape index (κ3) is 5.60. The molecule has 2 aromatic carbocycles. The van der Waals surface area contributed by atoms with Crippen LogP contribution in [0.5, 0.6) is 0 Å². The molecule has 0 atom stereocenters. The summed E-state index contributed by atoms with van der Waals surface area (Å²) in [4.78, 5) is 46.6. The Bertz CT molecular complexity index is 854. The zero-order chi connectivity index (χ0) is 20.5. The fraction of sp³-hybridized carbons (Fsp3) is 0.0909. The molecule has 6 nitrogen and oxygen atoms in total. The maximum Gasteiger partial charge on any atom is 0.337 e. The molecule has 0 saturated carbocycles. The summed E-state index contributed by atoms with van der Waals surface area (Å²) in [5.41, 5.74) is 2.11. The van der Waals surface area contributed by atoms with E-state index in [0.717, 1.165) is 0 Å². The summed E-state index contributed by atoms with van der Waals surface area (Å²) in [6.07, 6.45) is 5.31. The smallest absolute Gasteiger partial charge is 0.337 e. The second-order valence-corrected chi connectivity index (χ2v) is 5.62. The van der Waals surface area contributed by atoms with Gasteiger partial charge in [-0.05, 0) is 47.5 Å². The van der Waals surface area contributed by atoms with E-state index in [-0.39, 0.29) is 0 Å². The van der Waals surface area contributed by atoms with Gasteiger partial charge in [0.1, 0.15) is 0 Å². The number of carbonyl (C=O) groups is 4. The highest BCUT2D eigenvalue weighted by Gasteiger charge is 2.07. The number of benzene rings is 2. The van der Waals surface area contributed by atoms with Crippen molar-refractivity contribution in [1.82, 2.24) is 0 Å². The van der Waals surface area contributed by atoms with Crippen molar-refractivity contribution >= 4 is 35.7 Å². The molecule has 0 fully saturated rings. The normalized spacial score (nSPS) is 10.8. The molecule has 0 saturated heterocycles. The van der Waals surface area contributed by atoms with E-state index in [4.69, 9.17) is 0 Å². The molecule has 0 amide bonds. The molecular formula is C22H18O6. The van der Waals surface area contributed by atoms with Gasteiger partial charge in [-0.1, -0.05) is 36.4 Å². The van der Waals surface area contributed by atoms with Gasteiger partial charge in [0.25, 0.3) is 0 Å². The molecule has 142 valence electrons. The van der Waals surface area contributed by atoms with Crippen LogP contribution in [0.3, 0.4) is 0 Å². The highest BCUT2D eigenvalue weighted by atomic mass is 16.5. The lowest BCUT2D eigenvalue weighted by Crippen LogP contribution is -2.06. The Balaban J connectivity index is 1.97. The summed E-state index contributed by atoms with van der Waals surface area (Å²) < 4.78 is 9.21. The molecule has 2 aromatic rings. The van der Waals surface area contributed by atoms with E-state index in [9.17, 15) is 19.2 Å². The van der Waals surface area contributed by atoms with Gasteiger partial charge in [-0.2, -0.15) is 0 Å². The molecule has 2 rings (SSSR count). The second-order valence-electron chi connectivity index (χ2n) is 5.62. The zero-order valence-corrected chi connectivity index (χ0v) is 15.4. The average molecular weight is 378 g/mol. The van der Waals surface area contributed by atoms with E-state index in [0.29, 0.717) is 22.3 Å². The van der Waals surface area contributed by atoms with Gasteiger partial charge >= 0.3 is 11.9 Å². The van der Waals surface area contributed by atoms with E-state index < -0.39 is 23.5 Å². The van der Waals surface area contributed by atoms with Gasteiger partial charge < -0.3 is 9.47 Å². The van der Waals surface area contributed by atoms with Crippen molar-refractivity contribution in [2.75, 3.05) is 14.2 Å². The van der Waals surface area contributed by atoms with Gasteiger partial charge in [0.15, 0.2) is 0 Å². The van der Waals surface area contributed by atoms with Crippen LogP contribution in [0.25, 0.3) is 12.2 Å². The first-order chi connectivity index (χ1) is 13.4. The molecule has 0 heterocycles. The van der Waals surface area contributed by atoms with E-state index in [1.807, 2.05) is 0 Å². The molecule has 0 aliphatic rings. The number of ether oxygens (including phenoxy) is 2. The highest BCUT2D eigenvalue weighted by Crippen LogP contribution is 2.09. The number of rotatable bonds is 7. The molecule has 0 N–H and O–H groups in total. The van der Waals surface area contributed by atoms with E-state index in [1.165, 1.54) is 38.5 Å². The number of ketones is 2. The quantitative estimate of drug-likeness (QED) is 0.418. The molecule has 0 aliphatic carbocycles. The number of hydrogen-bond donors (Lipinski definition) is 0. The molecule has 0 radical (unpaired) electrons. The first-order valence-electron chi connectivity index (χ1n) is 8.26. The third-order valence-electron chi connectivity index (χ3n) is 3.76. The molecule has 28 heavy (non-hydrogen) atoms. The minimum Gasteiger partial charge on any atom is -0.465 e. The molecule has 0 unspecified atom stereocenters. The maximum absolute atomic E-state index is 11.9. The van der Waals surface area contributed by atoms with Crippen LogP contribution in [-0.4, -0.2) is 37.7 Å². The predicted molar refractivity (Wildman–Crippen MR) is 104 cm³/mol. The van der Waals surface area contributed by atoms with Crippen LogP contribution < -0.4 is 0 Å². The van der Waals surface area contributed by atoms with Gasteiger partial charge in [-0.25, -0.2) is 9.59 Å². The van der Waals surface area contributed by atoms with Crippen LogP contribution in [0, 0.1) is 0 Å². The molecule has 0 spiro atoms. The third-order valence-corrected chi connectivity index (χ3v) is 3.76. The van der Waals surface area contributed by atoms with Gasteiger partial charge in [0, 0.05) is 0 Å². The Kier molecular flexibility index (Phi) is 7.16. The van der Waals surface area contributed by atoms with E-state index >= 15 is 0 Å². The summed E-state index contributed by atoms with van der Waals surface area (Å²) in [6.45, 7) is 0. The van der Waals surface area contributed by atoms with Crippen molar-refractivity contribution in [3.8, 4) is 0 Å². The number of methoxy groups -OCH3 is 2. The molecular weight excluding hydrogens is 360 g/mol. The Labute approximate surface area is 162 Å². The van der Waals surface area contributed by atoms with Crippen LogP contribution in [0.15, 0.2) is 60.7 Å². The van der Waals surface area contributed by atoms with Gasteiger partial charge in [-0.15, -0.1) is 0 Å². The summed E-state index contributed by atoms with van der Waals surface area (Å²) >= 11 is 0. The zero-order valence-electron chi connectivity index (χ0n) is 15.4. The summed E-state index contributed by atoms with van der Waals surface area (Å²) in [6, 6.07) is 12.8. The summed E-state index contributed by atoms with van der Waals surface area (Å²) in [5.74, 6) is -2.27. The topological polar surface area (TPSA) is 86.7 Å². The lowest BCUT2D eigenvalue weighted by atomic mass is 10.1. The van der Waals surface area contributed by atoms with Crippen LogP contribution in [0.2, 0.25) is 0 Å².